The molecular formula is C17H20N2O3S. The van der Waals surface area contributed by atoms with Gasteiger partial charge in [-0.25, -0.2) is 9.78 Å². The van der Waals surface area contributed by atoms with Crippen molar-refractivity contribution in [2.75, 3.05) is 13.1 Å². The average molecular weight is 332 g/mol. The second-order valence-corrected chi connectivity index (χ2v) is 6.29. The van der Waals surface area contributed by atoms with E-state index in [2.05, 4.69) is 11.1 Å². The van der Waals surface area contributed by atoms with Crippen LogP contribution in [0.3, 0.4) is 0 Å². The number of carbonyl (C=O) groups excluding carboxylic acids is 1. The highest BCUT2D eigenvalue weighted by atomic mass is 32.1. The Hall–Kier alpha value is -2.21. The molecule has 0 bridgehead atoms. The molecule has 0 radical (unpaired) electrons. The molecule has 2 rings (SSSR count). The topological polar surface area (TPSA) is 70.5 Å². The zero-order chi connectivity index (χ0) is 16.8. The van der Waals surface area contributed by atoms with E-state index in [-0.39, 0.29) is 11.5 Å². The monoisotopic (exact) mass is 332 g/mol. The van der Waals surface area contributed by atoms with E-state index in [9.17, 15) is 9.59 Å². The third-order valence-electron chi connectivity index (χ3n) is 3.52. The molecule has 122 valence electrons. The maximum Gasteiger partial charge on any atom is 0.337 e. The number of hydrogen-bond donors (Lipinski definition) is 1. The summed E-state index contributed by atoms with van der Waals surface area (Å²) in [4.78, 5) is 30.9. The molecule has 0 aromatic carbocycles. The first kappa shape index (κ1) is 17.1. The number of aromatic nitrogens is 1. The summed E-state index contributed by atoms with van der Waals surface area (Å²) >= 11 is 1.68. The maximum atomic E-state index is 12.6. The lowest BCUT2D eigenvalue weighted by atomic mass is 10.1. The largest absolute Gasteiger partial charge is 0.478 e. The van der Waals surface area contributed by atoms with Crippen molar-refractivity contribution in [3.8, 4) is 0 Å². The number of nitrogens with zero attached hydrogens (tertiary/aromatic N) is 2. The van der Waals surface area contributed by atoms with Crippen LogP contribution in [0.15, 0.2) is 29.6 Å². The predicted molar refractivity (Wildman–Crippen MR) is 90.2 cm³/mol. The van der Waals surface area contributed by atoms with Crippen molar-refractivity contribution in [1.29, 1.82) is 0 Å². The third kappa shape index (κ3) is 4.39. The second kappa shape index (κ2) is 7.87. The molecule has 0 aliphatic rings. The Labute approximate surface area is 139 Å². The molecule has 5 nitrogen and oxygen atoms in total. The summed E-state index contributed by atoms with van der Waals surface area (Å²) in [6.45, 7) is 4.92. The van der Waals surface area contributed by atoms with Crippen molar-refractivity contribution in [3.63, 3.8) is 0 Å². The number of thiophene rings is 1. The minimum absolute atomic E-state index is 0.127. The summed E-state index contributed by atoms with van der Waals surface area (Å²) in [6.07, 6.45) is 1.68. The highest BCUT2D eigenvalue weighted by Crippen LogP contribution is 2.13. The van der Waals surface area contributed by atoms with Gasteiger partial charge in [0.1, 0.15) is 5.69 Å². The average Bonchev–Trinajstić information content (AvgIpc) is 3.03. The lowest BCUT2D eigenvalue weighted by Gasteiger charge is -2.21. The molecule has 0 unspecified atom stereocenters. The van der Waals surface area contributed by atoms with Crippen molar-refractivity contribution < 1.29 is 14.7 Å². The minimum atomic E-state index is -1.03. The molecule has 0 fully saturated rings. The Balaban J connectivity index is 2.13. The van der Waals surface area contributed by atoms with Gasteiger partial charge in [-0.3, -0.25) is 4.79 Å². The van der Waals surface area contributed by atoms with E-state index in [1.807, 2.05) is 18.4 Å². The number of rotatable bonds is 7. The van der Waals surface area contributed by atoms with E-state index >= 15 is 0 Å². The Morgan fingerprint density at radius 2 is 2.04 bits per heavy atom. The van der Waals surface area contributed by atoms with Crippen LogP contribution in [-0.2, 0) is 6.42 Å². The van der Waals surface area contributed by atoms with Crippen molar-refractivity contribution in [2.45, 2.75) is 26.7 Å². The van der Waals surface area contributed by atoms with Gasteiger partial charge in [-0.2, -0.15) is 0 Å². The van der Waals surface area contributed by atoms with Crippen LogP contribution in [0.4, 0.5) is 0 Å². The zero-order valence-corrected chi connectivity index (χ0v) is 14.1. The molecular weight excluding hydrogens is 312 g/mol. The Morgan fingerprint density at radius 1 is 1.26 bits per heavy atom. The first-order valence-electron chi connectivity index (χ1n) is 7.55. The van der Waals surface area contributed by atoms with Gasteiger partial charge in [0.05, 0.1) is 11.3 Å². The highest BCUT2D eigenvalue weighted by Gasteiger charge is 2.18. The summed E-state index contributed by atoms with van der Waals surface area (Å²) in [5.74, 6) is -1.18. The van der Waals surface area contributed by atoms with Crippen LogP contribution in [-0.4, -0.2) is 40.0 Å². The minimum Gasteiger partial charge on any atom is -0.478 e. The molecule has 0 atom stereocenters. The van der Waals surface area contributed by atoms with Gasteiger partial charge in [0.2, 0.25) is 0 Å². The molecule has 0 saturated carbocycles. The van der Waals surface area contributed by atoms with Gasteiger partial charge < -0.3 is 10.0 Å². The molecule has 1 amide bonds. The Kier molecular flexibility index (Phi) is 5.87. The normalized spacial score (nSPS) is 10.5. The van der Waals surface area contributed by atoms with Crippen LogP contribution in [0.5, 0.6) is 0 Å². The molecule has 0 aliphatic heterocycles. The maximum absolute atomic E-state index is 12.6. The number of aryl methyl sites for hydroxylation is 1. The third-order valence-corrected chi connectivity index (χ3v) is 4.46. The van der Waals surface area contributed by atoms with Gasteiger partial charge in [0.25, 0.3) is 5.91 Å². The van der Waals surface area contributed by atoms with Crippen LogP contribution in [0.2, 0.25) is 0 Å². The summed E-state index contributed by atoms with van der Waals surface area (Å²) in [7, 11) is 0. The van der Waals surface area contributed by atoms with Crippen molar-refractivity contribution >= 4 is 23.2 Å². The van der Waals surface area contributed by atoms with Crippen LogP contribution in [0.1, 0.15) is 44.8 Å². The molecule has 2 aromatic rings. The molecule has 2 heterocycles. The van der Waals surface area contributed by atoms with Gasteiger partial charge in [-0.15, -0.1) is 11.3 Å². The van der Waals surface area contributed by atoms with Crippen LogP contribution < -0.4 is 0 Å². The standard InChI is InChI=1S/C17H20N2O3S/c1-3-9-19(10-8-13-5-4-11-23-13)16(20)15-7-6-14(17(21)22)12(2)18-15/h4-7,11H,3,8-10H2,1-2H3,(H,21,22). The van der Waals surface area contributed by atoms with E-state index < -0.39 is 5.97 Å². The fourth-order valence-electron chi connectivity index (χ4n) is 2.35. The summed E-state index contributed by atoms with van der Waals surface area (Å²) < 4.78 is 0. The van der Waals surface area contributed by atoms with E-state index in [4.69, 9.17) is 5.11 Å². The van der Waals surface area contributed by atoms with Gasteiger partial charge in [-0.1, -0.05) is 13.0 Å². The lowest BCUT2D eigenvalue weighted by Crippen LogP contribution is -2.34. The smallest absolute Gasteiger partial charge is 0.337 e. The molecule has 6 heteroatoms. The van der Waals surface area contributed by atoms with Gasteiger partial charge in [0, 0.05) is 18.0 Å². The number of amides is 1. The fourth-order valence-corrected chi connectivity index (χ4v) is 3.05. The SMILES string of the molecule is CCCN(CCc1cccs1)C(=O)c1ccc(C(=O)O)c(C)n1. The van der Waals surface area contributed by atoms with Gasteiger partial charge in [-0.05, 0) is 43.3 Å². The van der Waals surface area contributed by atoms with E-state index in [1.165, 1.54) is 17.0 Å². The Bertz CT molecular complexity index is 683. The first-order chi connectivity index (χ1) is 11.0. The number of carboxylic acids is 1. The van der Waals surface area contributed by atoms with E-state index in [1.54, 1.807) is 23.2 Å². The van der Waals surface area contributed by atoms with Crippen molar-refractivity contribution in [2.24, 2.45) is 0 Å². The number of aromatic carboxylic acids is 1. The fraction of sp³-hybridized carbons (Fsp3) is 0.353. The van der Waals surface area contributed by atoms with Gasteiger partial charge in [0.15, 0.2) is 0 Å². The van der Waals surface area contributed by atoms with Crippen LogP contribution in [0.25, 0.3) is 0 Å². The quantitative estimate of drug-likeness (QED) is 0.845. The number of carboxylic acid groups (broad SMARTS) is 1. The number of carbonyl (C=O) groups is 2. The molecule has 0 spiro atoms. The number of pyridine rings is 1. The molecule has 1 N–H and O–H groups in total. The van der Waals surface area contributed by atoms with E-state index in [0.717, 1.165) is 12.8 Å². The van der Waals surface area contributed by atoms with Crippen molar-refractivity contribution in [3.05, 3.63) is 51.5 Å². The lowest BCUT2D eigenvalue weighted by molar-refractivity contribution is 0.0691. The van der Waals surface area contributed by atoms with E-state index in [0.29, 0.717) is 24.5 Å². The predicted octanol–water partition coefficient (Wildman–Crippen LogP) is 3.24. The summed E-state index contributed by atoms with van der Waals surface area (Å²) in [5, 5.41) is 11.1. The molecule has 2 aromatic heterocycles. The second-order valence-electron chi connectivity index (χ2n) is 5.26. The van der Waals surface area contributed by atoms with Crippen LogP contribution in [0, 0.1) is 6.92 Å². The molecule has 0 aliphatic carbocycles. The van der Waals surface area contributed by atoms with Crippen molar-refractivity contribution in [1.82, 2.24) is 9.88 Å². The number of hydrogen-bond acceptors (Lipinski definition) is 4. The highest BCUT2D eigenvalue weighted by molar-refractivity contribution is 7.09. The van der Waals surface area contributed by atoms with Crippen LogP contribution >= 0.6 is 11.3 Å². The Morgan fingerprint density at radius 3 is 2.61 bits per heavy atom. The van der Waals surface area contributed by atoms with Gasteiger partial charge >= 0.3 is 5.97 Å². The molecule has 0 saturated heterocycles. The summed E-state index contributed by atoms with van der Waals surface area (Å²) in [6, 6.07) is 7.00. The zero-order valence-electron chi connectivity index (χ0n) is 13.3. The first-order valence-corrected chi connectivity index (χ1v) is 8.43. The molecule has 23 heavy (non-hydrogen) atoms. The summed E-state index contributed by atoms with van der Waals surface area (Å²) in [5.41, 5.74) is 0.785.